The Balaban J connectivity index is 0.00000324. The third-order valence-electron chi connectivity index (χ3n) is 2.93. The van der Waals surface area contributed by atoms with Crippen LogP contribution < -0.4 is 0 Å². The Bertz CT molecular complexity index is 384. The van der Waals surface area contributed by atoms with Gasteiger partial charge in [0.2, 0.25) is 5.89 Å². The number of carbonyl (C=O) groups is 1. The molecular weight excluding hydrogens is 270 g/mol. The lowest BCUT2D eigenvalue weighted by Gasteiger charge is -2.20. The van der Waals surface area contributed by atoms with E-state index in [2.05, 4.69) is 17.1 Å². The molecule has 0 aliphatic rings. The number of unbranched alkanes of at least 4 members (excludes halogenated alkanes) is 1. The summed E-state index contributed by atoms with van der Waals surface area (Å²) in [6.45, 7) is 4.51. The van der Waals surface area contributed by atoms with Gasteiger partial charge in [-0.25, -0.2) is 0 Å². The third kappa shape index (κ3) is 6.02. The van der Waals surface area contributed by atoms with Gasteiger partial charge in [0.1, 0.15) is 0 Å². The molecule has 0 aliphatic heterocycles. The van der Waals surface area contributed by atoms with Crippen LogP contribution in [0.2, 0.25) is 0 Å². The highest BCUT2D eigenvalue weighted by Gasteiger charge is 2.18. The Morgan fingerprint density at radius 3 is 2.79 bits per heavy atom. The van der Waals surface area contributed by atoms with Gasteiger partial charge in [-0.3, -0.25) is 9.69 Å². The predicted molar refractivity (Wildman–Crippen MR) is 73.5 cm³/mol. The van der Waals surface area contributed by atoms with E-state index in [1.54, 1.807) is 0 Å². The molecule has 1 atom stereocenters. The summed E-state index contributed by atoms with van der Waals surface area (Å²) in [7, 11) is 1.85. The summed E-state index contributed by atoms with van der Waals surface area (Å²) in [6, 6.07) is -0.0628. The summed E-state index contributed by atoms with van der Waals surface area (Å²) in [5.41, 5.74) is 0. The van der Waals surface area contributed by atoms with Crippen LogP contribution in [0.3, 0.4) is 0 Å². The first-order chi connectivity index (χ1) is 8.54. The Hall–Kier alpha value is -1.14. The van der Waals surface area contributed by atoms with Gasteiger partial charge in [0.05, 0.1) is 12.5 Å². The van der Waals surface area contributed by atoms with Crippen molar-refractivity contribution >= 4 is 18.4 Å². The van der Waals surface area contributed by atoms with Crippen LogP contribution >= 0.6 is 12.4 Å². The molecule has 1 aromatic heterocycles. The second-order valence-electron chi connectivity index (χ2n) is 4.45. The summed E-state index contributed by atoms with van der Waals surface area (Å²) in [4.78, 5) is 16.7. The van der Waals surface area contributed by atoms with Gasteiger partial charge in [-0.05, 0) is 20.4 Å². The van der Waals surface area contributed by atoms with Gasteiger partial charge >= 0.3 is 5.97 Å². The van der Waals surface area contributed by atoms with E-state index in [1.807, 2.05) is 18.9 Å². The van der Waals surface area contributed by atoms with Crippen molar-refractivity contribution in [3.05, 3.63) is 11.7 Å². The van der Waals surface area contributed by atoms with Gasteiger partial charge in [0.15, 0.2) is 5.82 Å². The molecule has 0 amide bonds. The number of carboxylic acids is 1. The van der Waals surface area contributed by atoms with Crippen molar-refractivity contribution in [2.45, 2.75) is 45.6 Å². The zero-order valence-electron chi connectivity index (χ0n) is 11.6. The first-order valence-corrected chi connectivity index (χ1v) is 6.29. The molecule has 0 saturated heterocycles. The second kappa shape index (κ2) is 8.87. The van der Waals surface area contributed by atoms with Crippen molar-refractivity contribution in [1.82, 2.24) is 15.0 Å². The Labute approximate surface area is 119 Å². The number of aryl methyl sites for hydroxylation is 1. The molecule has 0 radical (unpaired) electrons. The maximum absolute atomic E-state index is 10.5. The Morgan fingerprint density at radius 2 is 2.21 bits per heavy atom. The largest absolute Gasteiger partial charge is 0.481 e. The smallest absolute Gasteiger partial charge is 0.304 e. The molecule has 0 aromatic carbocycles. The van der Waals surface area contributed by atoms with Crippen LogP contribution in [-0.4, -0.2) is 39.7 Å². The molecule has 19 heavy (non-hydrogen) atoms. The van der Waals surface area contributed by atoms with Gasteiger partial charge < -0.3 is 9.63 Å². The van der Waals surface area contributed by atoms with Crippen LogP contribution in [0, 0.1) is 0 Å². The van der Waals surface area contributed by atoms with Crippen molar-refractivity contribution in [3.8, 4) is 0 Å². The normalized spacial score (nSPS) is 12.2. The van der Waals surface area contributed by atoms with Crippen LogP contribution in [0.5, 0.6) is 0 Å². The fourth-order valence-corrected chi connectivity index (χ4v) is 1.53. The van der Waals surface area contributed by atoms with Gasteiger partial charge in [0, 0.05) is 13.0 Å². The van der Waals surface area contributed by atoms with E-state index in [0.29, 0.717) is 12.4 Å². The fourth-order valence-electron chi connectivity index (χ4n) is 1.53. The topological polar surface area (TPSA) is 79.5 Å². The van der Waals surface area contributed by atoms with E-state index >= 15 is 0 Å². The summed E-state index contributed by atoms with van der Waals surface area (Å²) < 4.78 is 5.20. The zero-order valence-corrected chi connectivity index (χ0v) is 12.4. The van der Waals surface area contributed by atoms with Crippen molar-refractivity contribution in [1.29, 1.82) is 0 Å². The quantitative estimate of drug-likeness (QED) is 0.792. The van der Waals surface area contributed by atoms with Crippen molar-refractivity contribution in [3.63, 3.8) is 0 Å². The van der Waals surface area contributed by atoms with E-state index in [-0.39, 0.29) is 24.9 Å². The van der Waals surface area contributed by atoms with Gasteiger partial charge in [-0.15, -0.1) is 12.4 Å². The molecule has 0 fully saturated rings. The number of hydrogen-bond donors (Lipinski definition) is 1. The lowest BCUT2D eigenvalue weighted by molar-refractivity contribution is -0.137. The molecule has 1 heterocycles. The fraction of sp³-hybridized carbons (Fsp3) is 0.750. The van der Waals surface area contributed by atoms with E-state index in [0.717, 1.165) is 25.1 Å². The SMILES string of the molecule is CCCCc1noc(C(C)N(C)CCC(=O)O)n1.Cl. The number of aromatic nitrogens is 2. The first kappa shape index (κ1) is 17.9. The molecule has 1 aromatic rings. The molecule has 1 N–H and O–H groups in total. The van der Waals surface area contributed by atoms with Gasteiger partial charge in [-0.1, -0.05) is 18.5 Å². The molecule has 0 spiro atoms. The third-order valence-corrected chi connectivity index (χ3v) is 2.93. The number of rotatable bonds is 8. The molecule has 0 bridgehead atoms. The predicted octanol–water partition coefficient (Wildman–Crippen LogP) is 2.30. The molecule has 0 saturated carbocycles. The number of aliphatic carboxylic acids is 1. The van der Waals surface area contributed by atoms with Crippen LogP contribution in [0.4, 0.5) is 0 Å². The van der Waals surface area contributed by atoms with Crippen LogP contribution in [0.1, 0.15) is 50.9 Å². The average Bonchev–Trinajstić information content (AvgIpc) is 2.81. The minimum atomic E-state index is -0.803. The van der Waals surface area contributed by atoms with Crippen LogP contribution in [-0.2, 0) is 11.2 Å². The van der Waals surface area contributed by atoms with Crippen molar-refractivity contribution in [2.24, 2.45) is 0 Å². The Morgan fingerprint density at radius 1 is 1.53 bits per heavy atom. The maximum Gasteiger partial charge on any atom is 0.304 e. The highest BCUT2D eigenvalue weighted by atomic mass is 35.5. The van der Waals surface area contributed by atoms with Crippen molar-refractivity contribution < 1.29 is 14.4 Å². The molecule has 7 heteroatoms. The second-order valence-corrected chi connectivity index (χ2v) is 4.45. The summed E-state index contributed by atoms with van der Waals surface area (Å²) >= 11 is 0. The Kier molecular flexibility index (Phi) is 8.34. The number of halogens is 1. The van der Waals surface area contributed by atoms with E-state index in [9.17, 15) is 4.79 Å². The standard InChI is InChI=1S/C12H21N3O3.ClH/c1-4-5-6-10-13-12(18-14-10)9(2)15(3)8-7-11(16)17;/h9H,4-8H2,1-3H3,(H,16,17);1H. The molecular formula is C12H22ClN3O3. The molecule has 1 rings (SSSR count). The lowest BCUT2D eigenvalue weighted by atomic mass is 10.2. The molecule has 0 aliphatic carbocycles. The van der Waals surface area contributed by atoms with Crippen molar-refractivity contribution in [2.75, 3.05) is 13.6 Å². The minimum absolute atomic E-state index is 0. The maximum atomic E-state index is 10.5. The average molecular weight is 292 g/mol. The van der Waals surface area contributed by atoms with Crippen LogP contribution in [0.15, 0.2) is 4.52 Å². The molecule has 1 unspecified atom stereocenters. The highest BCUT2D eigenvalue weighted by Crippen LogP contribution is 2.17. The van der Waals surface area contributed by atoms with Gasteiger partial charge in [0.25, 0.3) is 0 Å². The summed E-state index contributed by atoms with van der Waals surface area (Å²) in [6.07, 6.45) is 3.07. The summed E-state index contributed by atoms with van der Waals surface area (Å²) in [5, 5.41) is 12.6. The number of nitrogens with zero attached hydrogens (tertiary/aromatic N) is 3. The van der Waals surface area contributed by atoms with E-state index in [4.69, 9.17) is 9.63 Å². The minimum Gasteiger partial charge on any atom is -0.481 e. The number of carboxylic acid groups (broad SMARTS) is 1. The first-order valence-electron chi connectivity index (χ1n) is 6.29. The lowest BCUT2D eigenvalue weighted by Crippen LogP contribution is -2.25. The molecule has 110 valence electrons. The van der Waals surface area contributed by atoms with Crippen LogP contribution in [0.25, 0.3) is 0 Å². The van der Waals surface area contributed by atoms with E-state index < -0.39 is 5.97 Å². The monoisotopic (exact) mass is 291 g/mol. The number of hydrogen-bond acceptors (Lipinski definition) is 5. The molecule has 6 nitrogen and oxygen atoms in total. The van der Waals surface area contributed by atoms with E-state index in [1.165, 1.54) is 0 Å². The highest BCUT2D eigenvalue weighted by molar-refractivity contribution is 5.85. The summed E-state index contributed by atoms with van der Waals surface area (Å²) in [5.74, 6) is 0.475. The zero-order chi connectivity index (χ0) is 13.5. The van der Waals surface area contributed by atoms with Gasteiger partial charge in [-0.2, -0.15) is 4.98 Å².